The SMILES string of the molecule is CC1CCc2cc(F)ccc2N1c1nc(C(F)(F)F)cc(=O)[nH]1. The topological polar surface area (TPSA) is 49.0 Å². The van der Waals surface area contributed by atoms with Gasteiger partial charge in [0.2, 0.25) is 5.95 Å². The Labute approximate surface area is 128 Å². The lowest BCUT2D eigenvalue weighted by Gasteiger charge is -2.35. The lowest BCUT2D eigenvalue weighted by Crippen LogP contribution is -2.36. The number of fused-ring (bicyclic) bond motifs is 1. The number of nitrogens with zero attached hydrogens (tertiary/aromatic N) is 2. The van der Waals surface area contributed by atoms with Crippen molar-refractivity contribution in [3.8, 4) is 0 Å². The summed E-state index contributed by atoms with van der Waals surface area (Å²) in [6.07, 6.45) is -3.50. The fraction of sp³-hybridized carbons (Fsp3) is 0.333. The van der Waals surface area contributed by atoms with Crippen LogP contribution in [0.1, 0.15) is 24.6 Å². The predicted molar refractivity (Wildman–Crippen MR) is 76.2 cm³/mol. The molecule has 1 unspecified atom stereocenters. The van der Waals surface area contributed by atoms with Crippen LogP contribution in [0.2, 0.25) is 0 Å². The van der Waals surface area contributed by atoms with E-state index in [1.54, 1.807) is 0 Å². The van der Waals surface area contributed by atoms with Gasteiger partial charge in [-0.2, -0.15) is 13.2 Å². The highest BCUT2D eigenvalue weighted by molar-refractivity contribution is 5.64. The first-order valence-electron chi connectivity index (χ1n) is 7.02. The van der Waals surface area contributed by atoms with Crippen LogP contribution < -0.4 is 10.5 Å². The minimum atomic E-state index is -4.71. The third kappa shape index (κ3) is 2.93. The molecule has 0 aliphatic carbocycles. The summed E-state index contributed by atoms with van der Waals surface area (Å²) in [4.78, 5) is 19.0. The molecule has 1 atom stereocenters. The van der Waals surface area contributed by atoms with Crippen molar-refractivity contribution in [3.05, 3.63) is 51.7 Å². The number of aromatic nitrogens is 2. The number of hydrogen-bond acceptors (Lipinski definition) is 3. The number of aromatic amines is 1. The maximum absolute atomic E-state index is 13.4. The van der Waals surface area contributed by atoms with E-state index in [2.05, 4.69) is 9.97 Å². The lowest BCUT2D eigenvalue weighted by atomic mass is 9.97. The second-order valence-corrected chi connectivity index (χ2v) is 5.48. The number of nitrogens with one attached hydrogen (secondary N) is 1. The third-order valence-corrected chi connectivity index (χ3v) is 3.82. The number of anilines is 2. The normalized spacial score (nSPS) is 18.0. The van der Waals surface area contributed by atoms with E-state index in [1.807, 2.05) is 6.92 Å². The highest BCUT2D eigenvalue weighted by Crippen LogP contribution is 2.36. The molecule has 8 heteroatoms. The van der Waals surface area contributed by atoms with Crippen LogP contribution in [-0.4, -0.2) is 16.0 Å². The van der Waals surface area contributed by atoms with E-state index < -0.39 is 23.2 Å². The van der Waals surface area contributed by atoms with E-state index in [9.17, 15) is 22.4 Å². The molecular weight excluding hydrogens is 314 g/mol. The van der Waals surface area contributed by atoms with Crippen molar-refractivity contribution in [2.75, 3.05) is 4.90 Å². The van der Waals surface area contributed by atoms with Gasteiger partial charge in [-0.1, -0.05) is 0 Å². The van der Waals surface area contributed by atoms with E-state index >= 15 is 0 Å². The Morgan fingerprint density at radius 1 is 1.30 bits per heavy atom. The summed E-state index contributed by atoms with van der Waals surface area (Å²) in [5.41, 5.74) is -0.919. The summed E-state index contributed by atoms with van der Waals surface area (Å²) >= 11 is 0. The average Bonchev–Trinajstić information content (AvgIpc) is 2.45. The predicted octanol–water partition coefficient (Wildman–Crippen LogP) is 3.40. The lowest BCUT2D eigenvalue weighted by molar-refractivity contribution is -0.141. The van der Waals surface area contributed by atoms with Crippen molar-refractivity contribution in [2.45, 2.75) is 32.0 Å². The second kappa shape index (κ2) is 5.36. The zero-order valence-corrected chi connectivity index (χ0v) is 12.1. The van der Waals surface area contributed by atoms with Gasteiger partial charge < -0.3 is 4.90 Å². The first-order chi connectivity index (χ1) is 10.8. The number of H-pyrrole nitrogens is 1. The Kier molecular flexibility index (Phi) is 3.62. The average molecular weight is 327 g/mol. The molecule has 0 bridgehead atoms. The van der Waals surface area contributed by atoms with Crippen LogP contribution in [0.5, 0.6) is 0 Å². The van der Waals surface area contributed by atoms with Gasteiger partial charge in [0, 0.05) is 17.8 Å². The first-order valence-corrected chi connectivity index (χ1v) is 7.02. The van der Waals surface area contributed by atoms with Crippen molar-refractivity contribution in [1.29, 1.82) is 0 Å². The monoisotopic (exact) mass is 327 g/mol. The summed E-state index contributed by atoms with van der Waals surface area (Å²) in [5.74, 6) is -0.603. The highest BCUT2D eigenvalue weighted by atomic mass is 19.4. The van der Waals surface area contributed by atoms with Crippen LogP contribution in [0.15, 0.2) is 29.1 Å². The first kappa shape index (κ1) is 15.5. The molecule has 122 valence electrons. The van der Waals surface area contributed by atoms with E-state index in [4.69, 9.17) is 0 Å². The maximum atomic E-state index is 13.4. The Hall–Kier alpha value is -2.38. The van der Waals surface area contributed by atoms with E-state index in [0.717, 1.165) is 0 Å². The Morgan fingerprint density at radius 2 is 2.04 bits per heavy atom. The summed E-state index contributed by atoms with van der Waals surface area (Å²) in [5, 5.41) is 0. The van der Waals surface area contributed by atoms with Crippen LogP contribution in [0, 0.1) is 5.82 Å². The molecule has 0 amide bonds. The molecule has 2 heterocycles. The smallest absolute Gasteiger partial charge is 0.309 e. The van der Waals surface area contributed by atoms with Crippen LogP contribution in [0.3, 0.4) is 0 Å². The molecule has 0 spiro atoms. The fourth-order valence-electron chi connectivity index (χ4n) is 2.75. The number of hydrogen-bond donors (Lipinski definition) is 1. The van der Waals surface area contributed by atoms with Gasteiger partial charge in [0.1, 0.15) is 5.82 Å². The molecule has 1 aromatic carbocycles. The van der Waals surface area contributed by atoms with Crippen molar-refractivity contribution in [1.82, 2.24) is 9.97 Å². The van der Waals surface area contributed by atoms with Crippen LogP contribution in [-0.2, 0) is 12.6 Å². The third-order valence-electron chi connectivity index (χ3n) is 3.82. The van der Waals surface area contributed by atoms with E-state index in [0.29, 0.717) is 30.2 Å². The molecule has 0 saturated carbocycles. The van der Waals surface area contributed by atoms with Gasteiger partial charge in [-0.05, 0) is 43.5 Å². The zero-order chi connectivity index (χ0) is 16.8. The van der Waals surface area contributed by atoms with E-state index in [-0.39, 0.29) is 12.0 Å². The van der Waals surface area contributed by atoms with Crippen LogP contribution in [0.4, 0.5) is 29.2 Å². The Balaban J connectivity index is 2.15. The maximum Gasteiger partial charge on any atom is 0.433 e. The fourth-order valence-corrected chi connectivity index (χ4v) is 2.75. The van der Waals surface area contributed by atoms with Crippen molar-refractivity contribution in [3.63, 3.8) is 0 Å². The molecule has 2 aromatic rings. The van der Waals surface area contributed by atoms with Gasteiger partial charge in [-0.3, -0.25) is 9.78 Å². The molecule has 1 aliphatic rings. The Bertz CT molecular complexity index is 800. The van der Waals surface area contributed by atoms with Gasteiger partial charge in [-0.25, -0.2) is 9.37 Å². The number of alkyl halides is 3. The molecule has 4 nitrogen and oxygen atoms in total. The molecular formula is C15H13F4N3O. The van der Waals surface area contributed by atoms with E-state index in [1.165, 1.54) is 23.1 Å². The van der Waals surface area contributed by atoms with Crippen molar-refractivity contribution in [2.24, 2.45) is 0 Å². The zero-order valence-electron chi connectivity index (χ0n) is 12.1. The van der Waals surface area contributed by atoms with Crippen LogP contribution >= 0.6 is 0 Å². The van der Waals surface area contributed by atoms with Gasteiger partial charge in [0.25, 0.3) is 5.56 Å². The van der Waals surface area contributed by atoms with Crippen molar-refractivity contribution >= 4 is 11.6 Å². The molecule has 1 aliphatic heterocycles. The molecule has 1 N–H and O–H groups in total. The van der Waals surface area contributed by atoms with Crippen LogP contribution in [0.25, 0.3) is 0 Å². The van der Waals surface area contributed by atoms with Crippen molar-refractivity contribution < 1.29 is 17.6 Å². The number of halogens is 4. The van der Waals surface area contributed by atoms with Gasteiger partial charge in [0.05, 0.1) is 0 Å². The molecule has 3 rings (SSSR count). The molecule has 0 saturated heterocycles. The second-order valence-electron chi connectivity index (χ2n) is 5.48. The molecule has 1 aromatic heterocycles. The summed E-state index contributed by atoms with van der Waals surface area (Å²) in [7, 11) is 0. The summed E-state index contributed by atoms with van der Waals surface area (Å²) in [6.45, 7) is 1.81. The van der Waals surface area contributed by atoms with Gasteiger partial charge >= 0.3 is 6.18 Å². The molecule has 0 fully saturated rings. The number of benzene rings is 1. The molecule has 23 heavy (non-hydrogen) atoms. The van der Waals surface area contributed by atoms with Gasteiger partial charge in [-0.15, -0.1) is 0 Å². The minimum absolute atomic E-state index is 0.181. The summed E-state index contributed by atoms with van der Waals surface area (Å²) in [6, 6.07) is 4.30. The minimum Gasteiger partial charge on any atom is -0.309 e. The summed E-state index contributed by atoms with van der Waals surface area (Å²) < 4.78 is 52.0. The standard InChI is InChI=1S/C15H13F4N3O/c1-8-2-3-9-6-10(16)4-5-11(9)22(8)14-20-12(15(17,18)19)7-13(23)21-14/h4-8H,2-3H2,1H3,(H,20,21,23). The highest BCUT2D eigenvalue weighted by Gasteiger charge is 2.35. The number of rotatable bonds is 1. The quantitative estimate of drug-likeness (QED) is 0.817. The largest absolute Gasteiger partial charge is 0.433 e. The molecule has 0 radical (unpaired) electrons. The number of aryl methyl sites for hydroxylation is 1. The Morgan fingerprint density at radius 3 is 2.74 bits per heavy atom. The van der Waals surface area contributed by atoms with Gasteiger partial charge in [0.15, 0.2) is 5.69 Å².